The lowest BCUT2D eigenvalue weighted by molar-refractivity contribution is -0.137. The molecule has 2 aromatic rings. The van der Waals surface area contributed by atoms with E-state index in [2.05, 4.69) is 11.9 Å². The van der Waals surface area contributed by atoms with Gasteiger partial charge in [0.05, 0.1) is 18.3 Å². The van der Waals surface area contributed by atoms with Crippen LogP contribution in [0.1, 0.15) is 69.4 Å². The van der Waals surface area contributed by atoms with Gasteiger partial charge in [-0.1, -0.05) is 44.4 Å². The predicted molar refractivity (Wildman–Crippen MR) is 114 cm³/mol. The number of unbranched alkanes of at least 4 members (excludes halogenated alkanes) is 2. The highest BCUT2D eigenvalue weighted by molar-refractivity contribution is 5.66. The maximum absolute atomic E-state index is 10.6. The van der Waals surface area contributed by atoms with Gasteiger partial charge in [-0.05, 0) is 43.5 Å². The molecule has 2 rings (SSSR count). The quantitative estimate of drug-likeness (QED) is 0.364. The van der Waals surface area contributed by atoms with E-state index in [1.165, 1.54) is 12.2 Å². The number of oxazole rings is 1. The molecule has 7 heteroatoms. The Morgan fingerprint density at radius 2 is 1.83 bits per heavy atom. The van der Waals surface area contributed by atoms with Crippen molar-refractivity contribution >= 4 is 12.0 Å². The number of aliphatic carboxylic acids is 1. The lowest BCUT2D eigenvalue weighted by Crippen LogP contribution is -2.23. The van der Waals surface area contributed by atoms with Crippen molar-refractivity contribution in [3.63, 3.8) is 0 Å². The van der Waals surface area contributed by atoms with E-state index in [0.29, 0.717) is 23.8 Å². The third kappa shape index (κ3) is 7.40. The standard InChI is InChI=1S/C23H31NO6/c1-2-3-5-11-19(27)22-20(30-23(24-22)16-9-6-4-7-10-16)15-14-18(26)17(25)12-8-13-21(28)29/h4,6-7,9-10,14-15,17-19,25-27H,2-3,5,8,11-13H2,1H3,(H,28,29)/b15-14+/t17-,18+,19+/m0/s1. The molecule has 164 valence electrons. The minimum atomic E-state index is -1.19. The van der Waals surface area contributed by atoms with Gasteiger partial charge in [0.2, 0.25) is 5.89 Å². The van der Waals surface area contributed by atoms with Gasteiger partial charge in [-0.25, -0.2) is 4.98 Å². The Hall–Kier alpha value is -2.48. The molecule has 4 N–H and O–H groups in total. The van der Waals surface area contributed by atoms with Gasteiger partial charge in [0.25, 0.3) is 0 Å². The van der Waals surface area contributed by atoms with Crippen molar-refractivity contribution < 1.29 is 29.6 Å². The van der Waals surface area contributed by atoms with E-state index in [0.717, 1.165) is 24.8 Å². The van der Waals surface area contributed by atoms with Gasteiger partial charge in [-0.15, -0.1) is 0 Å². The molecule has 0 bridgehead atoms. The number of nitrogens with zero attached hydrogens (tertiary/aromatic N) is 1. The number of carboxylic acids is 1. The summed E-state index contributed by atoms with van der Waals surface area (Å²) in [6.45, 7) is 2.09. The number of benzene rings is 1. The molecule has 0 spiro atoms. The highest BCUT2D eigenvalue weighted by Gasteiger charge is 2.21. The first-order valence-electron chi connectivity index (χ1n) is 10.4. The summed E-state index contributed by atoms with van der Waals surface area (Å²) in [6.07, 6.45) is 3.63. The summed E-state index contributed by atoms with van der Waals surface area (Å²) in [6, 6.07) is 9.32. The second-order valence-electron chi connectivity index (χ2n) is 7.35. The van der Waals surface area contributed by atoms with E-state index >= 15 is 0 Å². The lowest BCUT2D eigenvalue weighted by atomic mass is 10.0. The van der Waals surface area contributed by atoms with Crippen LogP contribution in [-0.4, -0.2) is 43.6 Å². The first kappa shape index (κ1) is 23.8. The number of aliphatic hydroxyl groups is 3. The van der Waals surface area contributed by atoms with E-state index in [1.807, 2.05) is 30.3 Å². The van der Waals surface area contributed by atoms with Crippen LogP contribution >= 0.6 is 0 Å². The van der Waals surface area contributed by atoms with Crippen molar-refractivity contribution in [3.05, 3.63) is 47.9 Å². The molecule has 3 atom stereocenters. The number of rotatable bonds is 13. The van der Waals surface area contributed by atoms with Gasteiger partial charge in [0, 0.05) is 12.0 Å². The average molecular weight is 418 g/mol. The summed E-state index contributed by atoms with van der Waals surface area (Å²) < 4.78 is 5.84. The zero-order valence-electron chi connectivity index (χ0n) is 17.3. The average Bonchev–Trinajstić information content (AvgIpc) is 3.16. The minimum Gasteiger partial charge on any atom is -0.481 e. The molecule has 0 radical (unpaired) electrons. The number of hydrogen-bond donors (Lipinski definition) is 4. The highest BCUT2D eigenvalue weighted by atomic mass is 16.4. The molecule has 0 amide bonds. The molecule has 0 aliphatic rings. The Morgan fingerprint density at radius 3 is 2.50 bits per heavy atom. The second kappa shape index (κ2) is 12.3. The normalized spacial score (nSPS) is 14.7. The van der Waals surface area contributed by atoms with Crippen LogP contribution < -0.4 is 0 Å². The third-order valence-corrected chi connectivity index (χ3v) is 4.83. The molecule has 0 aliphatic carbocycles. The Morgan fingerprint density at radius 1 is 1.10 bits per heavy atom. The van der Waals surface area contributed by atoms with Crippen molar-refractivity contribution in [3.8, 4) is 11.5 Å². The summed E-state index contributed by atoms with van der Waals surface area (Å²) in [5.41, 5.74) is 1.17. The molecule has 1 aromatic heterocycles. The van der Waals surface area contributed by atoms with Gasteiger partial charge in [0.1, 0.15) is 5.69 Å². The molecular formula is C23H31NO6. The van der Waals surface area contributed by atoms with Crippen LogP contribution in [0.25, 0.3) is 17.5 Å². The third-order valence-electron chi connectivity index (χ3n) is 4.83. The number of aliphatic hydroxyl groups excluding tert-OH is 3. The lowest BCUT2D eigenvalue weighted by Gasteiger charge is -2.13. The number of aromatic nitrogens is 1. The maximum atomic E-state index is 10.6. The van der Waals surface area contributed by atoms with Crippen molar-refractivity contribution in [2.24, 2.45) is 0 Å². The Kier molecular flexibility index (Phi) is 9.73. The molecule has 0 saturated heterocycles. The maximum Gasteiger partial charge on any atom is 0.303 e. The van der Waals surface area contributed by atoms with Crippen molar-refractivity contribution in [2.45, 2.75) is 70.2 Å². The van der Waals surface area contributed by atoms with Gasteiger partial charge in [-0.3, -0.25) is 4.79 Å². The predicted octanol–water partition coefficient (Wildman–Crippen LogP) is 3.95. The van der Waals surface area contributed by atoms with E-state index in [4.69, 9.17) is 9.52 Å². The summed E-state index contributed by atoms with van der Waals surface area (Å²) in [4.78, 5) is 15.0. The van der Waals surface area contributed by atoms with Crippen LogP contribution in [0.5, 0.6) is 0 Å². The zero-order chi connectivity index (χ0) is 21.9. The van der Waals surface area contributed by atoms with Gasteiger partial charge in [0.15, 0.2) is 5.76 Å². The fourth-order valence-electron chi connectivity index (χ4n) is 3.08. The summed E-state index contributed by atoms with van der Waals surface area (Å²) in [5, 5.41) is 39.5. The van der Waals surface area contributed by atoms with Crippen molar-refractivity contribution in [2.75, 3.05) is 0 Å². The molecule has 7 nitrogen and oxygen atoms in total. The summed E-state index contributed by atoms with van der Waals surface area (Å²) in [7, 11) is 0. The molecule has 0 aliphatic heterocycles. The molecule has 0 unspecified atom stereocenters. The topological polar surface area (TPSA) is 124 Å². The SMILES string of the molecule is CCCCC[C@@H](O)c1nc(-c2ccccc2)oc1/C=C/[C@@H](O)[C@@H](O)CCCC(=O)O. The minimum absolute atomic E-state index is 0.0653. The Labute approximate surface area is 176 Å². The van der Waals surface area contributed by atoms with Crippen LogP contribution in [0.15, 0.2) is 40.8 Å². The number of hydrogen-bond acceptors (Lipinski definition) is 6. The molecule has 0 saturated carbocycles. The number of carbonyl (C=O) groups is 1. The van der Waals surface area contributed by atoms with E-state index < -0.39 is 24.3 Å². The van der Waals surface area contributed by atoms with E-state index in [9.17, 15) is 20.1 Å². The zero-order valence-corrected chi connectivity index (χ0v) is 17.3. The van der Waals surface area contributed by atoms with E-state index in [1.54, 1.807) is 0 Å². The monoisotopic (exact) mass is 417 g/mol. The van der Waals surface area contributed by atoms with Crippen LogP contribution in [0, 0.1) is 0 Å². The van der Waals surface area contributed by atoms with Gasteiger partial charge < -0.3 is 24.8 Å². The largest absolute Gasteiger partial charge is 0.481 e. The highest BCUT2D eigenvalue weighted by Crippen LogP contribution is 2.29. The van der Waals surface area contributed by atoms with E-state index in [-0.39, 0.29) is 19.3 Å². The van der Waals surface area contributed by atoms with Gasteiger partial charge >= 0.3 is 5.97 Å². The molecule has 0 fully saturated rings. The Bertz CT molecular complexity index is 801. The summed E-state index contributed by atoms with van der Waals surface area (Å²) >= 11 is 0. The fraction of sp³-hybridized carbons (Fsp3) is 0.478. The summed E-state index contributed by atoms with van der Waals surface area (Å²) in [5.74, 6) is -0.241. The second-order valence-corrected chi connectivity index (χ2v) is 7.35. The van der Waals surface area contributed by atoms with Crippen molar-refractivity contribution in [1.29, 1.82) is 0 Å². The molecular weight excluding hydrogens is 386 g/mol. The first-order valence-corrected chi connectivity index (χ1v) is 10.4. The van der Waals surface area contributed by atoms with Gasteiger partial charge in [-0.2, -0.15) is 0 Å². The van der Waals surface area contributed by atoms with Crippen LogP contribution in [0.3, 0.4) is 0 Å². The Balaban J connectivity index is 2.16. The first-order chi connectivity index (χ1) is 14.4. The van der Waals surface area contributed by atoms with Crippen LogP contribution in [0.4, 0.5) is 0 Å². The molecule has 1 aromatic carbocycles. The number of carboxylic acid groups (broad SMARTS) is 1. The van der Waals surface area contributed by atoms with Crippen LogP contribution in [0.2, 0.25) is 0 Å². The fourth-order valence-corrected chi connectivity index (χ4v) is 3.08. The molecule has 30 heavy (non-hydrogen) atoms. The molecule has 1 heterocycles. The van der Waals surface area contributed by atoms with Crippen molar-refractivity contribution in [1.82, 2.24) is 4.98 Å². The van der Waals surface area contributed by atoms with Crippen LogP contribution in [-0.2, 0) is 4.79 Å². The smallest absolute Gasteiger partial charge is 0.303 e.